The number of hydrogen-bond acceptors (Lipinski definition) is 2. The maximum atomic E-state index is 13.6. The number of urea groups is 1. The molecule has 3 aromatic carbocycles. The molecule has 35 heavy (non-hydrogen) atoms. The molecular formula is C28H25ClFN3O2. The summed E-state index contributed by atoms with van der Waals surface area (Å²) in [6.07, 6.45) is 5.07. The molecule has 1 saturated heterocycles. The van der Waals surface area contributed by atoms with Gasteiger partial charge in [-0.05, 0) is 78.4 Å². The zero-order valence-corrected chi connectivity index (χ0v) is 20.0. The zero-order chi connectivity index (χ0) is 24.6. The summed E-state index contributed by atoms with van der Waals surface area (Å²) in [6.45, 7) is 2.68. The van der Waals surface area contributed by atoms with Gasteiger partial charge in [0.15, 0.2) is 0 Å². The minimum Gasteiger partial charge on any atom is -0.325 e. The molecule has 7 heteroatoms. The average Bonchev–Trinajstić information content (AvgIpc) is 3.12. The molecule has 2 aliphatic rings. The van der Waals surface area contributed by atoms with E-state index < -0.39 is 11.2 Å². The highest BCUT2D eigenvalue weighted by Gasteiger charge is 2.49. The number of hydrogen-bond donors (Lipinski definition) is 2. The van der Waals surface area contributed by atoms with Gasteiger partial charge in [0.1, 0.15) is 5.82 Å². The van der Waals surface area contributed by atoms with Crippen LogP contribution < -0.4 is 10.6 Å². The number of amides is 3. The van der Waals surface area contributed by atoms with E-state index in [4.69, 9.17) is 11.6 Å². The largest absolute Gasteiger partial charge is 0.325 e. The van der Waals surface area contributed by atoms with Crippen molar-refractivity contribution in [3.63, 3.8) is 0 Å². The van der Waals surface area contributed by atoms with Crippen molar-refractivity contribution in [2.75, 3.05) is 23.7 Å². The molecule has 3 aromatic rings. The highest BCUT2D eigenvalue weighted by Crippen LogP contribution is 2.45. The number of carbonyl (C=O) groups excluding carboxylic acids is 2. The first-order valence-electron chi connectivity index (χ1n) is 11.6. The van der Waals surface area contributed by atoms with Gasteiger partial charge in [0.05, 0.1) is 5.41 Å². The number of fused-ring (bicyclic) bond motifs is 2. The van der Waals surface area contributed by atoms with Crippen LogP contribution in [0.1, 0.15) is 35.1 Å². The Morgan fingerprint density at radius 2 is 1.71 bits per heavy atom. The van der Waals surface area contributed by atoms with Gasteiger partial charge in [-0.3, -0.25) is 4.79 Å². The Morgan fingerprint density at radius 3 is 2.46 bits per heavy atom. The number of aryl methyl sites for hydroxylation is 1. The van der Waals surface area contributed by atoms with Gasteiger partial charge in [0, 0.05) is 29.5 Å². The summed E-state index contributed by atoms with van der Waals surface area (Å²) in [5, 5.41) is 6.52. The second kappa shape index (κ2) is 9.19. The van der Waals surface area contributed by atoms with Crippen LogP contribution in [-0.2, 0) is 10.2 Å². The van der Waals surface area contributed by atoms with Crippen molar-refractivity contribution in [2.24, 2.45) is 0 Å². The molecule has 1 fully saturated rings. The Labute approximate surface area is 208 Å². The van der Waals surface area contributed by atoms with E-state index in [2.05, 4.69) is 16.7 Å². The number of nitrogens with one attached hydrogen (secondary N) is 2. The number of anilines is 2. The number of likely N-dealkylation sites (tertiary alicyclic amines) is 1. The van der Waals surface area contributed by atoms with Crippen LogP contribution in [0.5, 0.6) is 0 Å². The highest BCUT2D eigenvalue weighted by molar-refractivity contribution is 6.30. The smallest absolute Gasteiger partial charge is 0.321 e. The first-order valence-corrected chi connectivity index (χ1v) is 11.9. The Hall–Kier alpha value is -3.64. The Morgan fingerprint density at radius 1 is 1.03 bits per heavy atom. The molecule has 0 unspecified atom stereocenters. The topological polar surface area (TPSA) is 61.4 Å². The third-order valence-electron chi connectivity index (χ3n) is 6.93. The van der Waals surface area contributed by atoms with Crippen LogP contribution in [0.4, 0.5) is 20.6 Å². The van der Waals surface area contributed by atoms with Gasteiger partial charge in [0.25, 0.3) is 0 Å². The summed E-state index contributed by atoms with van der Waals surface area (Å²) >= 11 is 5.97. The number of nitrogens with zero attached hydrogens (tertiary/aromatic N) is 1. The van der Waals surface area contributed by atoms with Crippen molar-refractivity contribution in [3.05, 3.63) is 93.8 Å². The third kappa shape index (κ3) is 4.54. The molecule has 5 rings (SSSR count). The van der Waals surface area contributed by atoms with Gasteiger partial charge in [-0.15, -0.1) is 0 Å². The molecule has 0 atom stereocenters. The van der Waals surface area contributed by atoms with E-state index in [1.165, 1.54) is 12.1 Å². The lowest BCUT2D eigenvalue weighted by atomic mass is 9.73. The fourth-order valence-electron chi connectivity index (χ4n) is 4.81. The maximum Gasteiger partial charge on any atom is 0.321 e. The molecule has 5 nitrogen and oxygen atoms in total. The summed E-state index contributed by atoms with van der Waals surface area (Å²) in [7, 11) is 0. The minimum atomic E-state index is -0.662. The fraction of sp³-hybridized carbons (Fsp3) is 0.214. The first-order chi connectivity index (χ1) is 16.8. The normalized spacial score (nSPS) is 16.4. The van der Waals surface area contributed by atoms with Gasteiger partial charge in [-0.1, -0.05) is 48.0 Å². The van der Waals surface area contributed by atoms with E-state index in [-0.39, 0.29) is 11.9 Å². The van der Waals surface area contributed by atoms with Crippen LogP contribution in [0.3, 0.4) is 0 Å². The van der Waals surface area contributed by atoms with Crippen LogP contribution >= 0.6 is 11.6 Å². The van der Waals surface area contributed by atoms with Crippen molar-refractivity contribution in [3.8, 4) is 0 Å². The molecule has 3 amide bonds. The van der Waals surface area contributed by atoms with E-state index in [9.17, 15) is 14.0 Å². The Kier molecular flexibility index (Phi) is 6.07. The molecule has 0 aliphatic carbocycles. The van der Waals surface area contributed by atoms with E-state index in [1.807, 2.05) is 55.5 Å². The number of halogens is 2. The van der Waals surface area contributed by atoms with Crippen LogP contribution in [-0.4, -0.2) is 29.9 Å². The third-order valence-corrected chi connectivity index (χ3v) is 7.18. The number of benzene rings is 3. The molecular weight excluding hydrogens is 465 g/mol. The number of carbonyl (C=O) groups is 2. The molecule has 1 spiro atoms. The lowest BCUT2D eigenvalue weighted by molar-refractivity contribution is -0.122. The summed E-state index contributed by atoms with van der Waals surface area (Å²) in [5.74, 6) is -0.420. The van der Waals surface area contributed by atoms with Crippen LogP contribution in [0, 0.1) is 12.7 Å². The Balaban J connectivity index is 1.32. The van der Waals surface area contributed by atoms with Crippen LogP contribution in [0.15, 0.2) is 60.7 Å². The molecule has 0 aromatic heterocycles. The van der Waals surface area contributed by atoms with Crippen molar-refractivity contribution in [2.45, 2.75) is 25.2 Å². The quantitative estimate of drug-likeness (QED) is 0.414. The van der Waals surface area contributed by atoms with Crippen molar-refractivity contribution in [1.29, 1.82) is 0 Å². The number of rotatable bonds is 3. The van der Waals surface area contributed by atoms with Crippen molar-refractivity contribution in [1.82, 2.24) is 4.90 Å². The average molecular weight is 490 g/mol. The molecule has 0 saturated carbocycles. The van der Waals surface area contributed by atoms with Gasteiger partial charge in [0.2, 0.25) is 5.91 Å². The van der Waals surface area contributed by atoms with Gasteiger partial charge in [-0.2, -0.15) is 0 Å². The van der Waals surface area contributed by atoms with Crippen molar-refractivity contribution >= 4 is 47.1 Å². The lowest BCUT2D eigenvalue weighted by Gasteiger charge is -2.38. The fourth-order valence-corrected chi connectivity index (χ4v) is 4.94. The standard InChI is InChI=1S/C28H25ClFN3O2/c1-18-2-10-22(30)17-25(18)32-27(35)33-14-12-28(13-15-33)23-16-20(7-11-24(23)31-26(28)34)4-3-19-5-8-21(29)9-6-19/h2-11,16-17H,12-15H2,1H3,(H,31,34)(H,32,35)/b4-3+. The molecule has 2 N–H and O–H groups in total. The predicted octanol–water partition coefficient (Wildman–Crippen LogP) is 6.48. The summed E-state index contributed by atoms with van der Waals surface area (Å²) in [6, 6.07) is 17.6. The summed E-state index contributed by atoms with van der Waals surface area (Å²) in [4.78, 5) is 27.6. The van der Waals surface area contributed by atoms with Gasteiger partial charge >= 0.3 is 6.03 Å². The van der Waals surface area contributed by atoms with E-state index in [1.54, 1.807) is 11.0 Å². The lowest BCUT2D eigenvalue weighted by Crippen LogP contribution is -2.49. The molecule has 0 radical (unpaired) electrons. The van der Waals surface area contributed by atoms with E-state index in [0.29, 0.717) is 36.6 Å². The van der Waals surface area contributed by atoms with Gasteiger partial charge < -0.3 is 15.5 Å². The zero-order valence-electron chi connectivity index (χ0n) is 19.3. The van der Waals surface area contributed by atoms with Gasteiger partial charge in [-0.25, -0.2) is 9.18 Å². The Bertz CT molecular complexity index is 1330. The first kappa shape index (κ1) is 23.1. The summed E-state index contributed by atoms with van der Waals surface area (Å²) in [5.41, 5.74) is 4.41. The second-order valence-corrected chi connectivity index (χ2v) is 9.54. The summed E-state index contributed by atoms with van der Waals surface area (Å²) < 4.78 is 13.6. The molecule has 2 aliphatic heterocycles. The highest BCUT2D eigenvalue weighted by atomic mass is 35.5. The second-order valence-electron chi connectivity index (χ2n) is 9.10. The van der Waals surface area contributed by atoms with Crippen molar-refractivity contribution < 1.29 is 14.0 Å². The van der Waals surface area contributed by atoms with Crippen LogP contribution in [0.2, 0.25) is 5.02 Å². The molecule has 2 heterocycles. The predicted molar refractivity (Wildman–Crippen MR) is 138 cm³/mol. The van der Waals surface area contributed by atoms with E-state index in [0.717, 1.165) is 27.9 Å². The van der Waals surface area contributed by atoms with E-state index >= 15 is 0 Å². The maximum absolute atomic E-state index is 13.6. The minimum absolute atomic E-state index is 0.0210. The SMILES string of the molecule is Cc1ccc(F)cc1NC(=O)N1CCC2(CC1)C(=O)Nc1ccc(/C=C/c3ccc(Cl)cc3)cc12. The molecule has 178 valence electrons. The monoisotopic (exact) mass is 489 g/mol. The number of piperidine rings is 1. The molecule has 0 bridgehead atoms. The van der Waals surface area contributed by atoms with Crippen LogP contribution in [0.25, 0.3) is 12.2 Å².